The SMILES string of the molecule is CC(O)C(NC(=O)CC(N)CC(C)(C)C)C(=O)O. The first-order valence-electron chi connectivity index (χ1n) is 5.99. The molecule has 1 amide bonds. The van der Waals surface area contributed by atoms with Crippen molar-refractivity contribution in [3.05, 3.63) is 0 Å². The molecule has 0 spiro atoms. The molecule has 6 heteroatoms. The van der Waals surface area contributed by atoms with E-state index in [-0.39, 0.29) is 17.9 Å². The first-order chi connectivity index (χ1) is 8.03. The average Bonchev–Trinajstić information content (AvgIpc) is 2.09. The fourth-order valence-electron chi connectivity index (χ4n) is 1.72. The number of nitrogens with one attached hydrogen (secondary N) is 1. The Kier molecular flexibility index (Phi) is 6.28. The van der Waals surface area contributed by atoms with Crippen LogP contribution in [0.3, 0.4) is 0 Å². The Balaban J connectivity index is 4.29. The summed E-state index contributed by atoms with van der Waals surface area (Å²) in [7, 11) is 0. The van der Waals surface area contributed by atoms with Crippen LogP contribution in [0.25, 0.3) is 0 Å². The molecule has 0 fully saturated rings. The molecule has 0 saturated heterocycles. The van der Waals surface area contributed by atoms with Gasteiger partial charge < -0.3 is 21.3 Å². The quantitative estimate of drug-likeness (QED) is 0.540. The molecule has 106 valence electrons. The molecular weight excluding hydrogens is 236 g/mol. The zero-order valence-electron chi connectivity index (χ0n) is 11.4. The summed E-state index contributed by atoms with van der Waals surface area (Å²) >= 11 is 0. The van der Waals surface area contributed by atoms with Crippen LogP contribution in [0.5, 0.6) is 0 Å². The van der Waals surface area contributed by atoms with Crippen molar-refractivity contribution in [2.45, 2.75) is 58.7 Å². The molecule has 5 N–H and O–H groups in total. The third kappa shape index (κ3) is 7.24. The number of aliphatic hydroxyl groups excluding tert-OH is 1. The van der Waals surface area contributed by atoms with Crippen molar-refractivity contribution in [2.75, 3.05) is 0 Å². The maximum Gasteiger partial charge on any atom is 0.328 e. The van der Waals surface area contributed by atoms with Crippen LogP contribution in [0, 0.1) is 5.41 Å². The Morgan fingerprint density at radius 2 is 1.83 bits per heavy atom. The van der Waals surface area contributed by atoms with Crippen LogP contribution in [-0.4, -0.2) is 40.3 Å². The largest absolute Gasteiger partial charge is 0.480 e. The highest BCUT2D eigenvalue weighted by Gasteiger charge is 2.26. The standard InChI is InChI=1S/C12H24N2O4/c1-7(15)10(11(17)18)14-9(16)5-8(13)6-12(2,3)4/h7-8,10,15H,5-6,13H2,1-4H3,(H,14,16)(H,17,18). The van der Waals surface area contributed by atoms with Gasteiger partial charge in [-0.05, 0) is 18.8 Å². The number of hydrogen-bond donors (Lipinski definition) is 4. The molecule has 18 heavy (non-hydrogen) atoms. The molecule has 0 aromatic carbocycles. The molecule has 0 heterocycles. The lowest BCUT2D eigenvalue weighted by molar-refractivity contribution is -0.144. The molecule has 0 aliphatic heterocycles. The molecule has 3 unspecified atom stereocenters. The van der Waals surface area contributed by atoms with Crippen LogP contribution in [0.4, 0.5) is 0 Å². The van der Waals surface area contributed by atoms with Gasteiger partial charge >= 0.3 is 5.97 Å². The second-order valence-corrected chi connectivity index (χ2v) is 5.85. The minimum Gasteiger partial charge on any atom is -0.480 e. The van der Waals surface area contributed by atoms with Crippen LogP contribution < -0.4 is 11.1 Å². The zero-order valence-corrected chi connectivity index (χ0v) is 11.4. The summed E-state index contributed by atoms with van der Waals surface area (Å²) in [4.78, 5) is 22.4. The summed E-state index contributed by atoms with van der Waals surface area (Å²) in [6.07, 6.45) is -0.439. The zero-order chi connectivity index (χ0) is 14.5. The third-order valence-corrected chi connectivity index (χ3v) is 2.39. The number of hydrogen-bond acceptors (Lipinski definition) is 4. The summed E-state index contributed by atoms with van der Waals surface area (Å²) in [5.74, 6) is -1.72. The Morgan fingerprint density at radius 1 is 1.33 bits per heavy atom. The molecular formula is C12H24N2O4. The highest BCUT2D eigenvalue weighted by molar-refractivity contribution is 5.84. The average molecular weight is 260 g/mol. The van der Waals surface area contributed by atoms with Crippen LogP contribution in [0.1, 0.15) is 40.5 Å². The van der Waals surface area contributed by atoms with Gasteiger partial charge in [0.05, 0.1) is 6.10 Å². The van der Waals surface area contributed by atoms with Crippen LogP contribution >= 0.6 is 0 Å². The Morgan fingerprint density at radius 3 is 2.17 bits per heavy atom. The van der Waals surface area contributed by atoms with Crippen LogP contribution in [0.2, 0.25) is 0 Å². The van der Waals surface area contributed by atoms with Crippen molar-refractivity contribution in [3.63, 3.8) is 0 Å². The first kappa shape index (κ1) is 16.9. The summed E-state index contributed by atoms with van der Waals surface area (Å²) in [5, 5.41) is 20.3. The molecule has 6 nitrogen and oxygen atoms in total. The monoisotopic (exact) mass is 260 g/mol. The predicted molar refractivity (Wildman–Crippen MR) is 67.9 cm³/mol. The van der Waals surface area contributed by atoms with Crippen molar-refractivity contribution >= 4 is 11.9 Å². The maximum absolute atomic E-state index is 11.6. The molecule has 0 rings (SSSR count). The summed E-state index contributed by atoms with van der Waals surface area (Å²) in [6.45, 7) is 7.36. The molecule has 0 aliphatic rings. The number of aliphatic carboxylic acids is 1. The number of nitrogens with two attached hydrogens (primary N) is 1. The fraction of sp³-hybridized carbons (Fsp3) is 0.833. The van der Waals surface area contributed by atoms with E-state index in [0.717, 1.165) is 0 Å². The van der Waals surface area contributed by atoms with Gasteiger partial charge in [-0.1, -0.05) is 20.8 Å². The number of rotatable bonds is 6. The number of carboxylic acid groups (broad SMARTS) is 1. The Bertz CT molecular complexity index is 297. The van der Waals surface area contributed by atoms with Gasteiger partial charge in [0.15, 0.2) is 6.04 Å². The van der Waals surface area contributed by atoms with Gasteiger partial charge in [-0.25, -0.2) is 4.79 Å². The summed E-state index contributed by atoms with van der Waals surface area (Å²) in [6, 6.07) is -1.62. The van der Waals surface area contributed by atoms with Gasteiger partial charge in [0.25, 0.3) is 0 Å². The second kappa shape index (κ2) is 6.70. The molecule has 3 atom stereocenters. The summed E-state index contributed by atoms with van der Waals surface area (Å²) < 4.78 is 0. The second-order valence-electron chi connectivity index (χ2n) is 5.85. The molecule has 0 saturated carbocycles. The Hall–Kier alpha value is -1.14. The van der Waals surface area contributed by atoms with Gasteiger partial charge in [-0.2, -0.15) is 0 Å². The highest BCUT2D eigenvalue weighted by Crippen LogP contribution is 2.20. The molecule has 0 bridgehead atoms. The fourth-order valence-corrected chi connectivity index (χ4v) is 1.72. The van der Waals surface area contributed by atoms with E-state index in [4.69, 9.17) is 10.8 Å². The van der Waals surface area contributed by atoms with Gasteiger partial charge in [0.1, 0.15) is 0 Å². The first-order valence-corrected chi connectivity index (χ1v) is 5.99. The third-order valence-electron chi connectivity index (χ3n) is 2.39. The molecule has 0 aliphatic carbocycles. The predicted octanol–water partition coefficient (Wildman–Crippen LogP) is 0.0902. The number of carbonyl (C=O) groups is 2. The smallest absolute Gasteiger partial charge is 0.328 e. The van der Waals surface area contributed by atoms with Crippen molar-refractivity contribution in [1.29, 1.82) is 0 Å². The van der Waals surface area contributed by atoms with Crippen molar-refractivity contribution < 1.29 is 19.8 Å². The molecule has 0 radical (unpaired) electrons. The van der Waals surface area contributed by atoms with Crippen molar-refractivity contribution in [2.24, 2.45) is 11.1 Å². The van der Waals surface area contributed by atoms with Gasteiger partial charge in [0, 0.05) is 12.5 Å². The van der Waals surface area contributed by atoms with Crippen molar-refractivity contribution in [1.82, 2.24) is 5.32 Å². The van der Waals surface area contributed by atoms with Gasteiger partial charge in [-0.15, -0.1) is 0 Å². The van der Waals surface area contributed by atoms with E-state index in [1.54, 1.807) is 0 Å². The summed E-state index contributed by atoms with van der Waals surface area (Å²) in [5.41, 5.74) is 5.83. The Labute approximate surface area is 108 Å². The van der Waals surface area contributed by atoms with E-state index in [1.165, 1.54) is 6.92 Å². The van der Waals surface area contributed by atoms with Gasteiger partial charge in [-0.3, -0.25) is 4.79 Å². The van der Waals surface area contributed by atoms with E-state index < -0.39 is 24.0 Å². The lowest BCUT2D eigenvalue weighted by Gasteiger charge is -2.23. The van der Waals surface area contributed by atoms with Crippen LogP contribution in [-0.2, 0) is 9.59 Å². The van der Waals surface area contributed by atoms with E-state index in [2.05, 4.69) is 5.32 Å². The topological polar surface area (TPSA) is 113 Å². The van der Waals surface area contributed by atoms with E-state index >= 15 is 0 Å². The van der Waals surface area contributed by atoms with Gasteiger partial charge in [0.2, 0.25) is 5.91 Å². The number of carboxylic acids is 1. The van der Waals surface area contributed by atoms with E-state index in [0.29, 0.717) is 6.42 Å². The maximum atomic E-state index is 11.6. The lowest BCUT2D eigenvalue weighted by Crippen LogP contribution is -2.49. The molecule has 0 aromatic rings. The number of amides is 1. The van der Waals surface area contributed by atoms with Crippen molar-refractivity contribution in [3.8, 4) is 0 Å². The lowest BCUT2D eigenvalue weighted by atomic mass is 9.87. The highest BCUT2D eigenvalue weighted by atomic mass is 16.4. The number of aliphatic hydroxyl groups is 1. The van der Waals surface area contributed by atoms with E-state index in [1.807, 2.05) is 20.8 Å². The number of carbonyl (C=O) groups excluding carboxylic acids is 1. The minimum atomic E-state index is -1.29. The van der Waals surface area contributed by atoms with Crippen LogP contribution in [0.15, 0.2) is 0 Å². The van der Waals surface area contributed by atoms with E-state index in [9.17, 15) is 14.7 Å². The minimum absolute atomic E-state index is 0.0101. The normalized spacial score (nSPS) is 16.8. The molecule has 0 aromatic heterocycles.